The van der Waals surface area contributed by atoms with Gasteiger partial charge in [-0.2, -0.15) is 10.2 Å². The van der Waals surface area contributed by atoms with E-state index in [1.807, 2.05) is 13.0 Å². The van der Waals surface area contributed by atoms with Gasteiger partial charge in [0.1, 0.15) is 0 Å². The quantitative estimate of drug-likeness (QED) is 0.633. The van der Waals surface area contributed by atoms with Crippen molar-refractivity contribution in [1.82, 2.24) is 0 Å². The molecule has 1 aliphatic carbocycles. The fourth-order valence-electron chi connectivity index (χ4n) is 1.99. The molecule has 72 valence electrons. The van der Waals surface area contributed by atoms with Gasteiger partial charge in [0.25, 0.3) is 0 Å². The number of rotatable bonds is 2. The molecule has 0 spiro atoms. The van der Waals surface area contributed by atoms with Crippen LogP contribution in [0.3, 0.4) is 0 Å². The summed E-state index contributed by atoms with van der Waals surface area (Å²) in [5.74, 6) is 0.366. The summed E-state index contributed by atoms with van der Waals surface area (Å²) in [5, 5.41) is 8.41. The smallest absolute Gasteiger partial charge is 0.0790 e. The van der Waals surface area contributed by atoms with Gasteiger partial charge in [-0.25, -0.2) is 0 Å². The fraction of sp³-hybridized carbons (Fsp3) is 0.333. The lowest BCUT2D eigenvalue weighted by molar-refractivity contribution is 0.781. The molecule has 0 aromatic carbocycles. The standard InChI is InChI=1S/C12H14N2/c1-4-9-6-5-7-10-11(8(2)3)13-14-12(9)10/h4,6,10H,1-2,5,7H2,3H3. The minimum atomic E-state index is 0.366. The van der Waals surface area contributed by atoms with Gasteiger partial charge < -0.3 is 0 Å². The molecular weight excluding hydrogens is 172 g/mol. The Hall–Kier alpha value is -1.44. The van der Waals surface area contributed by atoms with Gasteiger partial charge in [0.15, 0.2) is 0 Å². The van der Waals surface area contributed by atoms with Crippen molar-refractivity contribution in [1.29, 1.82) is 0 Å². The number of fused-ring (bicyclic) bond motifs is 1. The number of nitrogens with zero attached hydrogens (tertiary/aromatic N) is 2. The molecule has 0 aromatic rings. The Bertz CT molecular complexity index is 383. The summed E-state index contributed by atoms with van der Waals surface area (Å²) in [6, 6.07) is 0. The maximum absolute atomic E-state index is 4.22. The van der Waals surface area contributed by atoms with Gasteiger partial charge in [0.2, 0.25) is 0 Å². The first kappa shape index (κ1) is 9.13. The first-order valence-corrected chi connectivity index (χ1v) is 4.88. The lowest BCUT2D eigenvalue weighted by Crippen LogP contribution is -2.24. The molecule has 2 heteroatoms. The van der Waals surface area contributed by atoms with E-state index in [1.54, 1.807) is 0 Å². The van der Waals surface area contributed by atoms with Crippen molar-refractivity contribution < 1.29 is 0 Å². The topological polar surface area (TPSA) is 24.7 Å². The van der Waals surface area contributed by atoms with E-state index in [2.05, 4.69) is 29.4 Å². The average Bonchev–Trinajstić information content (AvgIpc) is 2.60. The van der Waals surface area contributed by atoms with Crippen molar-refractivity contribution in [3.8, 4) is 0 Å². The van der Waals surface area contributed by atoms with Crippen molar-refractivity contribution >= 4 is 11.4 Å². The third-order valence-corrected chi connectivity index (χ3v) is 2.70. The second-order valence-electron chi connectivity index (χ2n) is 3.74. The highest BCUT2D eigenvalue weighted by molar-refractivity contribution is 6.23. The van der Waals surface area contributed by atoms with Gasteiger partial charge in [-0.1, -0.05) is 25.3 Å². The predicted molar refractivity (Wildman–Crippen MR) is 60.7 cm³/mol. The van der Waals surface area contributed by atoms with Crippen LogP contribution in [0.2, 0.25) is 0 Å². The van der Waals surface area contributed by atoms with Crippen LogP contribution in [-0.4, -0.2) is 11.4 Å². The van der Waals surface area contributed by atoms with E-state index >= 15 is 0 Å². The van der Waals surface area contributed by atoms with Crippen LogP contribution < -0.4 is 0 Å². The van der Waals surface area contributed by atoms with Crippen molar-refractivity contribution in [2.75, 3.05) is 0 Å². The highest BCUT2D eigenvalue weighted by Crippen LogP contribution is 2.29. The molecule has 1 heterocycles. The second-order valence-corrected chi connectivity index (χ2v) is 3.74. The van der Waals surface area contributed by atoms with Gasteiger partial charge in [-0.05, 0) is 30.9 Å². The van der Waals surface area contributed by atoms with E-state index in [4.69, 9.17) is 0 Å². The molecule has 1 unspecified atom stereocenters. The molecule has 0 fully saturated rings. The van der Waals surface area contributed by atoms with Gasteiger partial charge >= 0.3 is 0 Å². The number of allylic oxidation sites excluding steroid dienone is 4. The molecule has 0 radical (unpaired) electrons. The van der Waals surface area contributed by atoms with Crippen LogP contribution in [0.4, 0.5) is 0 Å². The maximum atomic E-state index is 4.22. The first-order chi connectivity index (χ1) is 6.74. The molecule has 0 bridgehead atoms. The van der Waals surface area contributed by atoms with Gasteiger partial charge in [0.05, 0.1) is 11.4 Å². The zero-order valence-corrected chi connectivity index (χ0v) is 8.45. The Kier molecular flexibility index (Phi) is 2.20. The molecule has 0 aromatic heterocycles. The minimum Gasteiger partial charge on any atom is -0.154 e. The summed E-state index contributed by atoms with van der Waals surface area (Å²) in [6.45, 7) is 9.71. The van der Waals surface area contributed by atoms with Crippen LogP contribution in [0.25, 0.3) is 0 Å². The van der Waals surface area contributed by atoms with Gasteiger partial charge in [0, 0.05) is 5.92 Å². The van der Waals surface area contributed by atoms with Crippen molar-refractivity contribution in [3.05, 3.63) is 36.5 Å². The van der Waals surface area contributed by atoms with Crippen molar-refractivity contribution in [2.45, 2.75) is 19.8 Å². The van der Waals surface area contributed by atoms with E-state index in [-0.39, 0.29) is 0 Å². The predicted octanol–water partition coefficient (Wildman–Crippen LogP) is 2.90. The molecular formula is C12H14N2. The Morgan fingerprint density at radius 2 is 2.36 bits per heavy atom. The largest absolute Gasteiger partial charge is 0.154 e. The third kappa shape index (κ3) is 1.27. The highest BCUT2D eigenvalue weighted by Gasteiger charge is 2.30. The molecule has 2 rings (SSSR count). The Labute approximate surface area is 84.4 Å². The van der Waals surface area contributed by atoms with Crippen LogP contribution in [0.1, 0.15) is 19.8 Å². The van der Waals surface area contributed by atoms with E-state index in [1.165, 1.54) is 0 Å². The monoisotopic (exact) mass is 186 g/mol. The highest BCUT2D eigenvalue weighted by atomic mass is 15.2. The number of hydrogen-bond donors (Lipinski definition) is 0. The van der Waals surface area contributed by atoms with E-state index < -0.39 is 0 Å². The molecule has 1 aliphatic heterocycles. The normalized spacial score (nSPS) is 24.6. The fourth-order valence-corrected chi connectivity index (χ4v) is 1.99. The first-order valence-electron chi connectivity index (χ1n) is 4.88. The number of hydrogen-bond acceptors (Lipinski definition) is 2. The summed E-state index contributed by atoms with van der Waals surface area (Å²) in [7, 11) is 0. The molecule has 0 amide bonds. The van der Waals surface area contributed by atoms with Gasteiger partial charge in [-0.3, -0.25) is 0 Å². The Balaban J connectivity index is 2.32. The molecule has 2 nitrogen and oxygen atoms in total. The third-order valence-electron chi connectivity index (χ3n) is 2.70. The Morgan fingerprint density at radius 1 is 1.57 bits per heavy atom. The summed E-state index contributed by atoms with van der Waals surface area (Å²) in [6.07, 6.45) is 6.22. The SMILES string of the molecule is C=CC1=CCCC2C(C(=C)C)=NN=C12. The molecule has 0 saturated heterocycles. The zero-order valence-electron chi connectivity index (χ0n) is 8.45. The summed E-state index contributed by atoms with van der Waals surface area (Å²) in [5.41, 5.74) is 4.29. The van der Waals surface area contributed by atoms with Crippen molar-refractivity contribution in [3.63, 3.8) is 0 Å². The van der Waals surface area contributed by atoms with E-state index in [9.17, 15) is 0 Å². The molecule has 14 heavy (non-hydrogen) atoms. The van der Waals surface area contributed by atoms with Crippen LogP contribution >= 0.6 is 0 Å². The van der Waals surface area contributed by atoms with E-state index in [0.717, 1.165) is 35.4 Å². The maximum Gasteiger partial charge on any atom is 0.0790 e. The molecule has 1 atom stereocenters. The van der Waals surface area contributed by atoms with E-state index in [0.29, 0.717) is 5.92 Å². The average molecular weight is 186 g/mol. The molecule has 2 aliphatic rings. The van der Waals surface area contributed by atoms with Crippen molar-refractivity contribution in [2.24, 2.45) is 16.1 Å². The Morgan fingerprint density at radius 3 is 3.00 bits per heavy atom. The lowest BCUT2D eigenvalue weighted by Gasteiger charge is -2.19. The molecule has 0 N–H and O–H groups in total. The summed E-state index contributed by atoms with van der Waals surface area (Å²) in [4.78, 5) is 0. The summed E-state index contributed by atoms with van der Waals surface area (Å²) >= 11 is 0. The minimum absolute atomic E-state index is 0.366. The van der Waals surface area contributed by atoms with Gasteiger partial charge in [-0.15, -0.1) is 0 Å². The van der Waals surface area contributed by atoms with Crippen LogP contribution in [0.5, 0.6) is 0 Å². The van der Waals surface area contributed by atoms with Crippen LogP contribution in [-0.2, 0) is 0 Å². The van der Waals surface area contributed by atoms with Crippen LogP contribution in [0, 0.1) is 5.92 Å². The lowest BCUT2D eigenvalue weighted by atomic mass is 9.82. The second kappa shape index (κ2) is 3.37. The molecule has 0 saturated carbocycles. The van der Waals surface area contributed by atoms with Crippen LogP contribution in [0.15, 0.2) is 46.7 Å². The summed E-state index contributed by atoms with van der Waals surface area (Å²) < 4.78 is 0. The zero-order chi connectivity index (χ0) is 10.1.